The van der Waals surface area contributed by atoms with Crippen molar-refractivity contribution in [2.24, 2.45) is 7.05 Å². The third-order valence-corrected chi connectivity index (χ3v) is 2.80. The second-order valence-electron chi connectivity index (χ2n) is 4.12. The lowest BCUT2D eigenvalue weighted by molar-refractivity contribution is 0.731. The van der Waals surface area contributed by atoms with Crippen molar-refractivity contribution in [3.63, 3.8) is 0 Å². The first-order valence-corrected chi connectivity index (χ1v) is 5.23. The van der Waals surface area contributed by atoms with Crippen LogP contribution in [0.5, 0.6) is 0 Å². The second kappa shape index (κ2) is 3.63. The molecule has 0 aliphatic carbocycles. The van der Waals surface area contributed by atoms with Crippen molar-refractivity contribution in [1.29, 1.82) is 0 Å². The fraction of sp³-hybridized carbons (Fsp3) is 0.333. The number of nitrogens with two attached hydrogens (primary N) is 1. The molecule has 0 saturated carbocycles. The van der Waals surface area contributed by atoms with Crippen LogP contribution in [0.4, 0.5) is 5.69 Å². The zero-order valence-electron chi connectivity index (χ0n) is 10.1. The monoisotopic (exact) mass is 216 g/mol. The lowest BCUT2D eigenvalue weighted by Crippen LogP contribution is -1.97. The fourth-order valence-electron chi connectivity index (χ4n) is 1.92. The molecule has 0 bridgehead atoms. The molecule has 4 nitrogen and oxygen atoms in total. The highest BCUT2D eigenvalue weighted by molar-refractivity contribution is 5.76. The van der Waals surface area contributed by atoms with Crippen molar-refractivity contribution >= 4 is 5.69 Å². The Bertz CT molecular complexity index is 540. The molecule has 0 aromatic carbocycles. The standard InChI is InChI=1S/C12H16N4/c1-7-5-10(13)12(14-6-7)11-8(2)15-16(4)9(11)3/h5-6H,13H2,1-4H3. The van der Waals surface area contributed by atoms with Gasteiger partial charge >= 0.3 is 0 Å². The van der Waals surface area contributed by atoms with Gasteiger partial charge in [0, 0.05) is 24.5 Å². The number of aryl methyl sites for hydroxylation is 3. The van der Waals surface area contributed by atoms with Crippen molar-refractivity contribution in [3.05, 3.63) is 29.2 Å². The minimum atomic E-state index is 0.708. The summed E-state index contributed by atoms with van der Waals surface area (Å²) in [5.41, 5.74) is 11.7. The van der Waals surface area contributed by atoms with E-state index >= 15 is 0 Å². The Hall–Kier alpha value is -1.84. The Morgan fingerprint density at radius 2 is 1.94 bits per heavy atom. The molecule has 2 rings (SSSR count). The molecule has 16 heavy (non-hydrogen) atoms. The van der Waals surface area contributed by atoms with Crippen LogP contribution >= 0.6 is 0 Å². The van der Waals surface area contributed by atoms with Crippen LogP contribution in [0.3, 0.4) is 0 Å². The molecule has 0 radical (unpaired) electrons. The minimum Gasteiger partial charge on any atom is -0.397 e. The predicted octanol–water partition coefficient (Wildman–Crippen LogP) is 1.99. The van der Waals surface area contributed by atoms with Crippen molar-refractivity contribution in [1.82, 2.24) is 14.8 Å². The van der Waals surface area contributed by atoms with Gasteiger partial charge in [-0.15, -0.1) is 0 Å². The first-order valence-electron chi connectivity index (χ1n) is 5.23. The van der Waals surface area contributed by atoms with Gasteiger partial charge in [0.1, 0.15) is 0 Å². The first-order chi connectivity index (χ1) is 7.50. The Morgan fingerprint density at radius 1 is 1.25 bits per heavy atom. The number of aromatic nitrogens is 3. The molecule has 0 amide bonds. The third kappa shape index (κ3) is 1.56. The Morgan fingerprint density at radius 3 is 2.44 bits per heavy atom. The maximum Gasteiger partial charge on any atom is 0.0968 e. The van der Waals surface area contributed by atoms with Gasteiger partial charge in [-0.2, -0.15) is 5.10 Å². The minimum absolute atomic E-state index is 0.708. The van der Waals surface area contributed by atoms with E-state index in [0.717, 1.165) is 28.2 Å². The van der Waals surface area contributed by atoms with Crippen molar-refractivity contribution in [2.75, 3.05) is 5.73 Å². The van der Waals surface area contributed by atoms with Gasteiger partial charge in [-0.25, -0.2) is 0 Å². The molecule has 84 valence electrons. The third-order valence-electron chi connectivity index (χ3n) is 2.80. The molecule has 0 aliphatic rings. The molecular formula is C12H16N4. The van der Waals surface area contributed by atoms with Crippen molar-refractivity contribution < 1.29 is 0 Å². The number of nitrogen functional groups attached to an aromatic ring is 1. The van der Waals surface area contributed by atoms with Gasteiger partial charge < -0.3 is 5.73 Å². The number of rotatable bonds is 1. The van der Waals surface area contributed by atoms with E-state index in [0.29, 0.717) is 5.69 Å². The summed E-state index contributed by atoms with van der Waals surface area (Å²) >= 11 is 0. The van der Waals surface area contributed by atoms with Gasteiger partial charge in [-0.3, -0.25) is 9.67 Å². The molecule has 2 N–H and O–H groups in total. The van der Waals surface area contributed by atoms with Gasteiger partial charge in [0.15, 0.2) is 0 Å². The normalized spacial score (nSPS) is 10.8. The zero-order valence-corrected chi connectivity index (χ0v) is 10.1. The SMILES string of the molecule is Cc1cnc(-c2c(C)nn(C)c2C)c(N)c1. The number of hydrogen-bond donors (Lipinski definition) is 1. The Kier molecular flexibility index (Phi) is 2.42. The molecule has 4 heteroatoms. The van der Waals surface area contributed by atoms with E-state index in [1.165, 1.54) is 0 Å². The fourth-order valence-corrected chi connectivity index (χ4v) is 1.92. The largest absolute Gasteiger partial charge is 0.397 e. The van der Waals surface area contributed by atoms with E-state index in [9.17, 15) is 0 Å². The summed E-state index contributed by atoms with van der Waals surface area (Å²) in [6.07, 6.45) is 1.83. The predicted molar refractivity (Wildman–Crippen MR) is 65.1 cm³/mol. The van der Waals surface area contributed by atoms with Crippen LogP contribution in [0.25, 0.3) is 11.3 Å². The number of pyridine rings is 1. The number of nitrogens with zero attached hydrogens (tertiary/aromatic N) is 3. The first kappa shape index (κ1) is 10.7. The smallest absolute Gasteiger partial charge is 0.0968 e. The van der Waals surface area contributed by atoms with Gasteiger partial charge in [0.2, 0.25) is 0 Å². The quantitative estimate of drug-likeness (QED) is 0.793. The highest BCUT2D eigenvalue weighted by atomic mass is 15.3. The molecule has 2 aromatic rings. The van der Waals surface area contributed by atoms with Gasteiger partial charge in [0.05, 0.1) is 17.1 Å². The molecule has 0 saturated heterocycles. The highest BCUT2D eigenvalue weighted by Gasteiger charge is 2.15. The summed E-state index contributed by atoms with van der Waals surface area (Å²) in [5, 5.41) is 4.37. The van der Waals surface area contributed by atoms with Gasteiger partial charge in [0.25, 0.3) is 0 Å². The van der Waals surface area contributed by atoms with Crippen LogP contribution in [0.2, 0.25) is 0 Å². The van der Waals surface area contributed by atoms with Crippen molar-refractivity contribution in [3.8, 4) is 11.3 Å². The molecule has 2 aromatic heterocycles. The molecule has 0 unspecified atom stereocenters. The Labute approximate surface area is 95.1 Å². The maximum absolute atomic E-state index is 6.00. The Balaban J connectivity index is 2.67. The molecule has 0 spiro atoms. The summed E-state index contributed by atoms with van der Waals surface area (Å²) in [6.45, 7) is 5.98. The number of hydrogen-bond acceptors (Lipinski definition) is 3. The topological polar surface area (TPSA) is 56.7 Å². The summed E-state index contributed by atoms with van der Waals surface area (Å²) in [5.74, 6) is 0. The van der Waals surface area contributed by atoms with Crippen LogP contribution in [-0.4, -0.2) is 14.8 Å². The molecule has 2 heterocycles. The summed E-state index contributed by atoms with van der Waals surface area (Å²) in [7, 11) is 1.93. The average molecular weight is 216 g/mol. The summed E-state index contributed by atoms with van der Waals surface area (Å²) in [6, 6.07) is 1.94. The van der Waals surface area contributed by atoms with Crippen LogP contribution in [-0.2, 0) is 7.05 Å². The van der Waals surface area contributed by atoms with Crippen LogP contribution in [0, 0.1) is 20.8 Å². The van der Waals surface area contributed by atoms with Crippen molar-refractivity contribution in [2.45, 2.75) is 20.8 Å². The molecular weight excluding hydrogens is 200 g/mol. The highest BCUT2D eigenvalue weighted by Crippen LogP contribution is 2.29. The van der Waals surface area contributed by atoms with E-state index < -0.39 is 0 Å². The average Bonchev–Trinajstić information content (AvgIpc) is 2.43. The van der Waals surface area contributed by atoms with Crippen LogP contribution in [0.15, 0.2) is 12.3 Å². The zero-order chi connectivity index (χ0) is 11.9. The molecule has 0 atom stereocenters. The second-order valence-corrected chi connectivity index (χ2v) is 4.12. The van der Waals surface area contributed by atoms with E-state index in [4.69, 9.17) is 5.73 Å². The van der Waals surface area contributed by atoms with E-state index in [2.05, 4.69) is 10.1 Å². The van der Waals surface area contributed by atoms with Gasteiger partial charge in [-0.05, 0) is 32.4 Å². The lowest BCUT2D eigenvalue weighted by Gasteiger charge is -2.06. The van der Waals surface area contributed by atoms with E-state index in [1.54, 1.807) is 0 Å². The molecule has 0 fully saturated rings. The molecule has 0 aliphatic heterocycles. The van der Waals surface area contributed by atoms with Crippen LogP contribution < -0.4 is 5.73 Å². The number of anilines is 1. The maximum atomic E-state index is 6.00. The van der Waals surface area contributed by atoms with Crippen LogP contribution in [0.1, 0.15) is 17.0 Å². The summed E-state index contributed by atoms with van der Waals surface area (Å²) in [4.78, 5) is 4.40. The summed E-state index contributed by atoms with van der Waals surface area (Å²) < 4.78 is 1.85. The van der Waals surface area contributed by atoms with E-state index in [-0.39, 0.29) is 0 Å². The van der Waals surface area contributed by atoms with Gasteiger partial charge in [-0.1, -0.05) is 0 Å². The van der Waals surface area contributed by atoms with E-state index in [1.807, 2.05) is 44.8 Å². The lowest BCUT2D eigenvalue weighted by atomic mass is 10.1.